The van der Waals surface area contributed by atoms with Crippen molar-refractivity contribution in [3.05, 3.63) is 58.9 Å². The van der Waals surface area contributed by atoms with Crippen molar-refractivity contribution in [2.75, 3.05) is 19.5 Å². The Morgan fingerprint density at radius 3 is 2.52 bits per heavy atom. The summed E-state index contributed by atoms with van der Waals surface area (Å²) < 4.78 is 10.5. The van der Waals surface area contributed by atoms with Crippen LogP contribution >= 0.6 is 11.8 Å². The molecule has 1 unspecified atom stereocenters. The first-order chi connectivity index (χ1) is 14.0. The first-order valence-corrected chi connectivity index (χ1v) is 9.61. The molecule has 150 valence electrons. The highest BCUT2D eigenvalue weighted by Gasteiger charge is 2.19. The molecule has 29 heavy (non-hydrogen) atoms. The van der Waals surface area contributed by atoms with Gasteiger partial charge in [-0.05, 0) is 19.1 Å². The van der Waals surface area contributed by atoms with Crippen LogP contribution in [0.5, 0.6) is 11.5 Å². The number of hydrogen-bond donors (Lipinski definition) is 2. The molecule has 0 saturated carbocycles. The first kappa shape index (κ1) is 20.4. The standard InChI is InChI=1S/C20H20N4O4S/c1-12(18(25)21-15-11-14(27-2)9-10-16(15)28-3)29-20-22-19(26)17(23-24-20)13-7-5-4-6-8-13/h4-12H,1-3H3,(H,21,25)(H,22,24,26). The maximum absolute atomic E-state index is 12.6. The Labute approximate surface area is 171 Å². The molecule has 2 N–H and O–H groups in total. The number of nitrogens with zero attached hydrogens (tertiary/aromatic N) is 2. The van der Waals surface area contributed by atoms with Gasteiger partial charge in [0.1, 0.15) is 11.5 Å². The van der Waals surface area contributed by atoms with Crippen LogP contribution in [0.1, 0.15) is 6.92 Å². The highest BCUT2D eigenvalue weighted by molar-refractivity contribution is 8.00. The largest absolute Gasteiger partial charge is 0.497 e. The number of nitrogens with one attached hydrogen (secondary N) is 2. The highest BCUT2D eigenvalue weighted by Crippen LogP contribution is 2.30. The van der Waals surface area contributed by atoms with E-state index in [4.69, 9.17) is 9.47 Å². The van der Waals surface area contributed by atoms with Crippen LogP contribution in [0.3, 0.4) is 0 Å². The quantitative estimate of drug-likeness (QED) is 0.575. The molecule has 8 nitrogen and oxygen atoms in total. The Morgan fingerprint density at radius 1 is 1.10 bits per heavy atom. The first-order valence-electron chi connectivity index (χ1n) is 8.73. The average Bonchev–Trinajstić information content (AvgIpc) is 2.74. The lowest BCUT2D eigenvalue weighted by molar-refractivity contribution is -0.115. The van der Waals surface area contributed by atoms with E-state index in [0.29, 0.717) is 22.7 Å². The third-order valence-corrected chi connectivity index (χ3v) is 5.02. The van der Waals surface area contributed by atoms with Crippen LogP contribution in [0.2, 0.25) is 0 Å². The second-order valence-corrected chi connectivity index (χ2v) is 7.32. The van der Waals surface area contributed by atoms with Crippen molar-refractivity contribution in [3.8, 4) is 22.8 Å². The molecule has 3 aromatic rings. The Balaban J connectivity index is 1.72. The summed E-state index contributed by atoms with van der Waals surface area (Å²) in [7, 11) is 3.06. The molecule has 0 saturated heterocycles. The van der Waals surface area contributed by atoms with Crippen LogP contribution in [0.15, 0.2) is 58.5 Å². The van der Waals surface area contributed by atoms with Crippen LogP contribution in [0.25, 0.3) is 11.3 Å². The van der Waals surface area contributed by atoms with Crippen molar-refractivity contribution < 1.29 is 14.3 Å². The number of H-pyrrole nitrogens is 1. The average molecular weight is 412 g/mol. The minimum atomic E-state index is -0.543. The van der Waals surface area contributed by atoms with E-state index in [-0.39, 0.29) is 22.3 Å². The summed E-state index contributed by atoms with van der Waals surface area (Å²) in [5.74, 6) is 0.821. The number of carbonyl (C=O) groups is 1. The van der Waals surface area contributed by atoms with Gasteiger partial charge in [0, 0.05) is 11.6 Å². The lowest BCUT2D eigenvalue weighted by Gasteiger charge is -2.14. The second kappa shape index (κ2) is 9.24. The Hall–Kier alpha value is -3.33. The van der Waals surface area contributed by atoms with Crippen molar-refractivity contribution in [1.82, 2.24) is 15.2 Å². The van der Waals surface area contributed by atoms with Gasteiger partial charge in [0.25, 0.3) is 5.56 Å². The zero-order chi connectivity index (χ0) is 20.8. The van der Waals surface area contributed by atoms with Crippen molar-refractivity contribution in [1.29, 1.82) is 0 Å². The zero-order valence-corrected chi connectivity index (χ0v) is 16.9. The van der Waals surface area contributed by atoms with Crippen molar-refractivity contribution in [3.63, 3.8) is 0 Å². The van der Waals surface area contributed by atoms with Crippen LogP contribution in [-0.4, -0.2) is 40.6 Å². The summed E-state index contributed by atoms with van der Waals surface area (Å²) in [6.07, 6.45) is 0. The normalized spacial score (nSPS) is 11.6. The molecule has 3 rings (SSSR count). The van der Waals surface area contributed by atoms with Gasteiger partial charge in [0.15, 0.2) is 10.9 Å². The summed E-state index contributed by atoms with van der Waals surface area (Å²) in [5.41, 5.74) is 1.03. The maximum Gasteiger partial charge on any atom is 0.278 e. The molecule has 0 aliphatic heterocycles. The fourth-order valence-corrected chi connectivity index (χ4v) is 3.27. The molecular weight excluding hydrogens is 392 g/mol. The molecule has 0 aliphatic rings. The van der Waals surface area contributed by atoms with Gasteiger partial charge in [0.05, 0.1) is 25.2 Å². The highest BCUT2D eigenvalue weighted by atomic mass is 32.2. The van der Waals surface area contributed by atoms with E-state index in [2.05, 4.69) is 20.5 Å². The van der Waals surface area contributed by atoms with Crippen molar-refractivity contribution in [2.45, 2.75) is 17.3 Å². The predicted octanol–water partition coefficient (Wildman–Crippen LogP) is 2.97. The fraction of sp³-hybridized carbons (Fsp3) is 0.200. The summed E-state index contributed by atoms with van der Waals surface area (Å²) >= 11 is 1.10. The van der Waals surface area contributed by atoms with Gasteiger partial charge in [-0.3, -0.25) is 14.6 Å². The summed E-state index contributed by atoms with van der Waals surface area (Å²) in [6.45, 7) is 1.71. The van der Waals surface area contributed by atoms with Crippen LogP contribution in [0, 0.1) is 0 Å². The van der Waals surface area contributed by atoms with Crippen LogP contribution < -0.4 is 20.3 Å². The number of aromatic nitrogens is 3. The Kier molecular flexibility index (Phi) is 6.50. The third kappa shape index (κ3) is 4.94. The predicted molar refractivity (Wildman–Crippen MR) is 112 cm³/mol. The van der Waals surface area contributed by atoms with Gasteiger partial charge < -0.3 is 14.8 Å². The van der Waals surface area contributed by atoms with Gasteiger partial charge in [0.2, 0.25) is 5.91 Å². The molecule has 1 aromatic heterocycles. The Morgan fingerprint density at radius 2 is 1.86 bits per heavy atom. The SMILES string of the molecule is COc1ccc(OC)c(NC(=O)C(C)Sc2nnc(-c3ccccc3)c(=O)[nH]2)c1. The summed E-state index contributed by atoms with van der Waals surface area (Å²) in [4.78, 5) is 27.6. The van der Waals surface area contributed by atoms with Crippen molar-refractivity contribution in [2.24, 2.45) is 0 Å². The van der Waals surface area contributed by atoms with Gasteiger partial charge in [-0.15, -0.1) is 10.2 Å². The minimum absolute atomic E-state index is 0.230. The molecule has 0 bridgehead atoms. The zero-order valence-electron chi connectivity index (χ0n) is 16.1. The molecule has 0 radical (unpaired) electrons. The van der Waals surface area contributed by atoms with E-state index in [1.165, 1.54) is 7.11 Å². The van der Waals surface area contributed by atoms with E-state index >= 15 is 0 Å². The number of anilines is 1. The number of aromatic amines is 1. The van der Waals surface area contributed by atoms with Gasteiger partial charge in [-0.25, -0.2) is 0 Å². The van der Waals surface area contributed by atoms with E-state index in [1.54, 1.807) is 44.4 Å². The summed E-state index contributed by atoms with van der Waals surface area (Å²) in [6, 6.07) is 14.2. The van der Waals surface area contributed by atoms with Crippen LogP contribution in [-0.2, 0) is 4.79 Å². The number of thioether (sulfide) groups is 1. The number of benzene rings is 2. The molecule has 2 aromatic carbocycles. The number of rotatable bonds is 7. The van der Waals surface area contributed by atoms with E-state index in [1.807, 2.05) is 18.2 Å². The van der Waals surface area contributed by atoms with Gasteiger partial charge >= 0.3 is 0 Å². The molecule has 1 heterocycles. The molecule has 0 fully saturated rings. The van der Waals surface area contributed by atoms with Crippen molar-refractivity contribution >= 4 is 23.4 Å². The van der Waals surface area contributed by atoms with Crippen LogP contribution in [0.4, 0.5) is 5.69 Å². The number of methoxy groups -OCH3 is 2. The minimum Gasteiger partial charge on any atom is -0.497 e. The number of ether oxygens (including phenoxy) is 2. The van der Waals surface area contributed by atoms with Gasteiger partial charge in [-0.1, -0.05) is 42.1 Å². The summed E-state index contributed by atoms with van der Waals surface area (Å²) in [5, 5.41) is 10.6. The van der Waals surface area contributed by atoms with Gasteiger partial charge in [-0.2, -0.15) is 0 Å². The molecule has 1 amide bonds. The van der Waals surface area contributed by atoms with E-state index in [0.717, 1.165) is 11.8 Å². The fourth-order valence-electron chi connectivity index (χ4n) is 2.53. The lowest BCUT2D eigenvalue weighted by Crippen LogP contribution is -2.24. The number of carbonyl (C=O) groups excluding carboxylic acids is 1. The third-order valence-electron chi connectivity index (χ3n) is 4.05. The molecule has 1 atom stereocenters. The second-order valence-electron chi connectivity index (χ2n) is 5.99. The molecule has 9 heteroatoms. The van der Waals surface area contributed by atoms with E-state index in [9.17, 15) is 9.59 Å². The topological polar surface area (TPSA) is 106 Å². The smallest absolute Gasteiger partial charge is 0.278 e. The number of amides is 1. The Bertz CT molecular complexity index is 1060. The van der Waals surface area contributed by atoms with E-state index < -0.39 is 5.25 Å². The maximum atomic E-state index is 12.6. The molecule has 0 aliphatic carbocycles. The lowest BCUT2D eigenvalue weighted by atomic mass is 10.2. The molecular formula is C20H20N4O4S. The molecule has 0 spiro atoms. The number of hydrogen-bond acceptors (Lipinski definition) is 7. The monoisotopic (exact) mass is 412 g/mol.